The van der Waals surface area contributed by atoms with E-state index in [1.807, 2.05) is 46.8 Å². The zero-order valence-electron chi connectivity index (χ0n) is 7.73. The molecule has 60 valence electrons. The van der Waals surface area contributed by atoms with Crippen LogP contribution < -0.4 is 5.73 Å². The van der Waals surface area contributed by atoms with Crippen molar-refractivity contribution in [1.29, 1.82) is 0 Å². The lowest BCUT2D eigenvalue weighted by atomic mass is 10.2. The minimum atomic E-state index is 0.868. The number of hydrogen-bond donors (Lipinski definition) is 1. The molecule has 0 aromatic carbocycles. The van der Waals surface area contributed by atoms with Crippen LogP contribution >= 0.6 is 0 Å². The molecule has 0 radical (unpaired) electrons. The third kappa shape index (κ3) is 5.42. The van der Waals surface area contributed by atoms with E-state index in [0.29, 0.717) is 0 Å². The molecule has 1 heteroatoms. The van der Waals surface area contributed by atoms with Gasteiger partial charge in [0.1, 0.15) is 0 Å². The average Bonchev–Trinajstić information content (AvgIpc) is 2.05. The van der Waals surface area contributed by atoms with Gasteiger partial charge in [0.2, 0.25) is 0 Å². The molecule has 10 heavy (non-hydrogen) atoms. The molecular weight excluding hydrogens is 122 g/mol. The van der Waals surface area contributed by atoms with Crippen LogP contribution in [0.1, 0.15) is 34.6 Å². The third-order valence-corrected chi connectivity index (χ3v) is 1.20. The maximum atomic E-state index is 5.52. The molecule has 0 aromatic heterocycles. The van der Waals surface area contributed by atoms with E-state index >= 15 is 0 Å². The van der Waals surface area contributed by atoms with Gasteiger partial charge in [-0.05, 0) is 26.3 Å². The van der Waals surface area contributed by atoms with Crippen LogP contribution in [0.2, 0.25) is 0 Å². The first-order valence-electron chi connectivity index (χ1n) is 3.77. The van der Waals surface area contributed by atoms with E-state index in [1.165, 1.54) is 0 Å². The van der Waals surface area contributed by atoms with Crippen LogP contribution in [0, 0.1) is 0 Å². The minimum absolute atomic E-state index is 0.868. The normalized spacial score (nSPS) is 12.1. The largest absolute Gasteiger partial charge is 0.399 e. The number of hydrogen-bond acceptors (Lipinski definition) is 1. The van der Waals surface area contributed by atoms with Gasteiger partial charge in [-0.3, -0.25) is 0 Å². The molecule has 0 saturated heterocycles. The van der Waals surface area contributed by atoms with Crippen LogP contribution in [0.4, 0.5) is 0 Å². The summed E-state index contributed by atoms with van der Waals surface area (Å²) in [4.78, 5) is 0. The SMILES string of the molecule is C/C=C(C)\C(N)=C/C.CC. The monoisotopic (exact) mass is 141 g/mol. The van der Waals surface area contributed by atoms with Gasteiger partial charge in [0.25, 0.3) is 0 Å². The van der Waals surface area contributed by atoms with Crippen LogP contribution in [0.3, 0.4) is 0 Å². The lowest BCUT2D eigenvalue weighted by Gasteiger charge is -1.95. The fraction of sp³-hybridized carbons (Fsp3) is 0.556. The molecule has 0 heterocycles. The van der Waals surface area contributed by atoms with Crippen LogP contribution in [-0.2, 0) is 0 Å². The van der Waals surface area contributed by atoms with Crippen molar-refractivity contribution >= 4 is 0 Å². The Morgan fingerprint density at radius 3 is 1.60 bits per heavy atom. The van der Waals surface area contributed by atoms with Crippen molar-refractivity contribution in [2.75, 3.05) is 0 Å². The Kier molecular flexibility index (Phi) is 9.94. The van der Waals surface area contributed by atoms with Gasteiger partial charge in [-0.25, -0.2) is 0 Å². The maximum Gasteiger partial charge on any atom is 0.0297 e. The molecule has 0 amide bonds. The molecule has 0 rings (SSSR count). The van der Waals surface area contributed by atoms with E-state index < -0.39 is 0 Å². The minimum Gasteiger partial charge on any atom is -0.399 e. The van der Waals surface area contributed by atoms with Gasteiger partial charge in [0.05, 0.1) is 0 Å². The van der Waals surface area contributed by atoms with Crippen molar-refractivity contribution < 1.29 is 0 Å². The van der Waals surface area contributed by atoms with E-state index in [0.717, 1.165) is 11.3 Å². The third-order valence-electron chi connectivity index (χ3n) is 1.20. The van der Waals surface area contributed by atoms with Crippen LogP contribution in [0.5, 0.6) is 0 Å². The first-order chi connectivity index (χ1) is 4.72. The summed E-state index contributed by atoms with van der Waals surface area (Å²) in [6, 6.07) is 0. The van der Waals surface area contributed by atoms with E-state index in [9.17, 15) is 0 Å². The topological polar surface area (TPSA) is 26.0 Å². The van der Waals surface area contributed by atoms with Crippen molar-refractivity contribution in [3.8, 4) is 0 Å². The Labute approximate surface area is 64.6 Å². The highest BCUT2D eigenvalue weighted by atomic mass is 14.6. The van der Waals surface area contributed by atoms with Gasteiger partial charge < -0.3 is 5.73 Å². The molecule has 0 bridgehead atoms. The lowest BCUT2D eigenvalue weighted by molar-refractivity contribution is 1.26. The molecule has 0 saturated carbocycles. The maximum absolute atomic E-state index is 5.52. The van der Waals surface area contributed by atoms with Crippen molar-refractivity contribution in [2.45, 2.75) is 34.6 Å². The Morgan fingerprint density at radius 2 is 1.50 bits per heavy atom. The van der Waals surface area contributed by atoms with Crippen molar-refractivity contribution in [3.63, 3.8) is 0 Å². The van der Waals surface area contributed by atoms with E-state index in [-0.39, 0.29) is 0 Å². The molecule has 0 aliphatic carbocycles. The number of rotatable bonds is 1. The molecule has 0 spiro atoms. The van der Waals surface area contributed by atoms with E-state index in [2.05, 4.69) is 0 Å². The van der Waals surface area contributed by atoms with E-state index in [4.69, 9.17) is 5.73 Å². The molecule has 0 aromatic rings. The van der Waals surface area contributed by atoms with Crippen LogP contribution in [-0.4, -0.2) is 0 Å². The quantitative estimate of drug-likeness (QED) is 0.558. The zero-order valence-corrected chi connectivity index (χ0v) is 7.73. The van der Waals surface area contributed by atoms with Crippen molar-refractivity contribution in [1.82, 2.24) is 0 Å². The first-order valence-corrected chi connectivity index (χ1v) is 3.77. The van der Waals surface area contributed by atoms with Gasteiger partial charge in [-0.1, -0.05) is 26.0 Å². The summed E-state index contributed by atoms with van der Waals surface area (Å²) in [7, 11) is 0. The molecule has 0 aliphatic heterocycles. The van der Waals surface area contributed by atoms with Crippen molar-refractivity contribution in [2.24, 2.45) is 5.73 Å². The summed E-state index contributed by atoms with van der Waals surface area (Å²) in [5, 5.41) is 0. The second-order valence-electron chi connectivity index (χ2n) is 1.72. The Bertz CT molecular complexity index is 105. The smallest absolute Gasteiger partial charge is 0.0297 e. The summed E-state index contributed by atoms with van der Waals surface area (Å²) in [6.45, 7) is 9.91. The molecule has 0 aliphatic rings. The number of allylic oxidation sites excluding steroid dienone is 3. The summed E-state index contributed by atoms with van der Waals surface area (Å²) >= 11 is 0. The van der Waals surface area contributed by atoms with Gasteiger partial charge in [-0.15, -0.1) is 0 Å². The molecule has 2 N–H and O–H groups in total. The standard InChI is InChI=1S/C7H13N.C2H6/c1-4-6(3)7(8)5-2;1-2/h4-5H,8H2,1-3H3;1-2H3/b6-4-,7-5+;. The summed E-state index contributed by atoms with van der Waals surface area (Å²) in [5.74, 6) is 0. The molecule has 0 atom stereocenters. The highest BCUT2D eigenvalue weighted by Gasteiger charge is 1.85. The van der Waals surface area contributed by atoms with Gasteiger partial charge in [0.15, 0.2) is 0 Å². The Morgan fingerprint density at radius 1 is 1.10 bits per heavy atom. The van der Waals surface area contributed by atoms with Gasteiger partial charge in [-0.2, -0.15) is 0 Å². The Hall–Kier alpha value is -0.720. The molecular formula is C9H19N. The highest BCUT2D eigenvalue weighted by molar-refractivity contribution is 5.24. The molecule has 1 nitrogen and oxygen atoms in total. The predicted molar refractivity (Wildman–Crippen MR) is 48.7 cm³/mol. The first kappa shape index (κ1) is 12.0. The fourth-order valence-electron chi connectivity index (χ4n) is 0.394. The van der Waals surface area contributed by atoms with Crippen molar-refractivity contribution in [3.05, 3.63) is 23.4 Å². The van der Waals surface area contributed by atoms with Crippen LogP contribution in [0.15, 0.2) is 23.4 Å². The second kappa shape index (κ2) is 8.28. The average molecular weight is 141 g/mol. The summed E-state index contributed by atoms with van der Waals surface area (Å²) in [5.41, 5.74) is 7.53. The second-order valence-corrected chi connectivity index (χ2v) is 1.72. The summed E-state index contributed by atoms with van der Waals surface area (Å²) < 4.78 is 0. The lowest BCUT2D eigenvalue weighted by Crippen LogP contribution is -1.96. The molecule has 0 fully saturated rings. The van der Waals surface area contributed by atoms with Crippen LogP contribution in [0.25, 0.3) is 0 Å². The zero-order chi connectivity index (χ0) is 8.57. The predicted octanol–water partition coefficient (Wildman–Crippen LogP) is 2.84. The van der Waals surface area contributed by atoms with E-state index in [1.54, 1.807) is 0 Å². The fourth-order valence-corrected chi connectivity index (χ4v) is 0.394. The Balaban J connectivity index is 0. The van der Waals surface area contributed by atoms with Gasteiger partial charge in [0, 0.05) is 5.70 Å². The molecule has 0 unspecified atom stereocenters. The number of nitrogens with two attached hydrogens (primary N) is 1. The van der Waals surface area contributed by atoms with Gasteiger partial charge >= 0.3 is 0 Å². The summed E-state index contributed by atoms with van der Waals surface area (Å²) in [6.07, 6.45) is 3.89. The highest BCUT2D eigenvalue weighted by Crippen LogP contribution is 1.99.